The van der Waals surface area contributed by atoms with Crippen LogP contribution in [0.15, 0.2) is 18.3 Å². The highest BCUT2D eigenvalue weighted by Gasteiger charge is 2.00. The second-order valence-electron chi connectivity index (χ2n) is 3.28. The number of rotatable bonds is 4. The molecule has 1 rings (SSSR count). The van der Waals surface area contributed by atoms with Crippen LogP contribution in [0.4, 0.5) is 0 Å². The summed E-state index contributed by atoms with van der Waals surface area (Å²) in [6.07, 6.45) is 1.82. The normalized spacial score (nSPS) is 12.8. The van der Waals surface area contributed by atoms with Crippen molar-refractivity contribution < 1.29 is 0 Å². The largest absolute Gasteiger partial charge is 0.329 e. The Morgan fingerprint density at radius 2 is 2.38 bits per heavy atom. The lowest BCUT2D eigenvalue weighted by atomic mass is 10.2. The van der Waals surface area contributed by atoms with E-state index in [1.165, 1.54) is 5.56 Å². The second kappa shape index (κ2) is 4.94. The van der Waals surface area contributed by atoms with Gasteiger partial charge in [-0.25, -0.2) is 0 Å². The molecule has 3 N–H and O–H groups in total. The average Bonchev–Trinajstić information content (AvgIpc) is 2.16. The zero-order valence-corrected chi connectivity index (χ0v) is 8.25. The molecule has 0 spiro atoms. The van der Waals surface area contributed by atoms with Gasteiger partial charge in [-0.05, 0) is 25.5 Å². The minimum absolute atomic E-state index is 0.349. The van der Waals surface area contributed by atoms with E-state index >= 15 is 0 Å². The lowest BCUT2D eigenvalue weighted by Gasteiger charge is -2.11. The van der Waals surface area contributed by atoms with Crippen LogP contribution in [0.2, 0.25) is 0 Å². The van der Waals surface area contributed by atoms with E-state index in [0.29, 0.717) is 12.6 Å². The molecule has 0 fully saturated rings. The van der Waals surface area contributed by atoms with E-state index in [4.69, 9.17) is 5.73 Å². The molecule has 0 aliphatic rings. The Kier molecular flexibility index (Phi) is 3.86. The van der Waals surface area contributed by atoms with Gasteiger partial charge in [0.2, 0.25) is 0 Å². The molecule has 0 aromatic carbocycles. The number of pyridine rings is 1. The fourth-order valence-electron chi connectivity index (χ4n) is 1.06. The van der Waals surface area contributed by atoms with Crippen molar-refractivity contribution in [2.45, 2.75) is 26.4 Å². The predicted molar refractivity (Wildman–Crippen MR) is 54.3 cm³/mol. The number of aryl methyl sites for hydroxylation is 1. The zero-order chi connectivity index (χ0) is 9.68. The van der Waals surface area contributed by atoms with Crippen LogP contribution in [0.25, 0.3) is 0 Å². The molecule has 0 amide bonds. The van der Waals surface area contributed by atoms with E-state index in [1.54, 1.807) is 0 Å². The minimum atomic E-state index is 0.349. The first-order valence-electron chi connectivity index (χ1n) is 4.58. The van der Waals surface area contributed by atoms with E-state index in [-0.39, 0.29) is 0 Å². The molecule has 1 aromatic rings. The summed E-state index contributed by atoms with van der Waals surface area (Å²) in [6, 6.07) is 4.36. The van der Waals surface area contributed by atoms with Gasteiger partial charge < -0.3 is 11.1 Å². The van der Waals surface area contributed by atoms with Crippen molar-refractivity contribution in [3.8, 4) is 0 Å². The molecular formula is C10H17N3. The van der Waals surface area contributed by atoms with E-state index in [9.17, 15) is 0 Å². The van der Waals surface area contributed by atoms with Crippen LogP contribution in [-0.4, -0.2) is 17.6 Å². The maximum Gasteiger partial charge on any atom is 0.0570 e. The van der Waals surface area contributed by atoms with Crippen molar-refractivity contribution in [2.75, 3.05) is 6.54 Å². The first-order chi connectivity index (χ1) is 6.24. The Morgan fingerprint density at radius 3 is 3.00 bits per heavy atom. The second-order valence-corrected chi connectivity index (χ2v) is 3.28. The van der Waals surface area contributed by atoms with E-state index in [2.05, 4.69) is 30.2 Å². The molecule has 13 heavy (non-hydrogen) atoms. The van der Waals surface area contributed by atoms with Crippen molar-refractivity contribution in [3.63, 3.8) is 0 Å². The molecular weight excluding hydrogens is 162 g/mol. The molecule has 0 saturated heterocycles. The lowest BCUT2D eigenvalue weighted by molar-refractivity contribution is 0.549. The van der Waals surface area contributed by atoms with Crippen molar-refractivity contribution in [1.29, 1.82) is 0 Å². The van der Waals surface area contributed by atoms with Gasteiger partial charge in [0.05, 0.1) is 5.69 Å². The standard InChI is InChI=1S/C10H17N3/c1-8-4-3-5-12-10(8)7-13-9(2)6-11/h3-5,9,13H,6-7,11H2,1-2H3. The number of nitrogens with two attached hydrogens (primary N) is 1. The fourth-order valence-corrected chi connectivity index (χ4v) is 1.06. The van der Waals surface area contributed by atoms with Crippen LogP contribution >= 0.6 is 0 Å². The third kappa shape index (κ3) is 3.13. The number of nitrogens with one attached hydrogen (secondary N) is 1. The average molecular weight is 179 g/mol. The molecule has 1 aromatic heterocycles. The molecule has 0 saturated carbocycles. The third-order valence-corrected chi connectivity index (χ3v) is 2.09. The fraction of sp³-hybridized carbons (Fsp3) is 0.500. The first kappa shape index (κ1) is 10.2. The van der Waals surface area contributed by atoms with Gasteiger partial charge in [-0.15, -0.1) is 0 Å². The molecule has 0 radical (unpaired) electrons. The summed E-state index contributed by atoms with van der Waals surface area (Å²) in [7, 11) is 0. The predicted octanol–water partition coefficient (Wildman–Crippen LogP) is 0.827. The number of hydrogen-bond donors (Lipinski definition) is 2. The summed E-state index contributed by atoms with van der Waals surface area (Å²) in [5.41, 5.74) is 7.81. The third-order valence-electron chi connectivity index (χ3n) is 2.09. The molecule has 0 aliphatic heterocycles. The molecule has 0 bridgehead atoms. The molecule has 1 heterocycles. The quantitative estimate of drug-likeness (QED) is 0.719. The first-order valence-corrected chi connectivity index (χ1v) is 4.58. The number of aromatic nitrogens is 1. The van der Waals surface area contributed by atoms with Crippen LogP contribution < -0.4 is 11.1 Å². The Morgan fingerprint density at radius 1 is 1.62 bits per heavy atom. The van der Waals surface area contributed by atoms with Crippen molar-refractivity contribution in [1.82, 2.24) is 10.3 Å². The van der Waals surface area contributed by atoms with Gasteiger partial charge in [0.1, 0.15) is 0 Å². The molecule has 1 atom stereocenters. The lowest BCUT2D eigenvalue weighted by Crippen LogP contribution is -2.33. The molecule has 3 nitrogen and oxygen atoms in total. The summed E-state index contributed by atoms with van der Waals surface area (Å²) < 4.78 is 0. The van der Waals surface area contributed by atoms with E-state index in [1.807, 2.05) is 12.3 Å². The van der Waals surface area contributed by atoms with Crippen LogP contribution in [-0.2, 0) is 6.54 Å². The van der Waals surface area contributed by atoms with Gasteiger partial charge >= 0.3 is 0 Å². The topological polar surface area (TPSA) is 50.9 Å². The summed E-state index contributed by atoms with van der Waals surface area (Å²) in [5.74, 6) is 0. The van der Waals surface area contributed by atoms with Crippen LogP contribution in [0, 0.1) is 6.92 Å². The highest BCUT2D eigenvalue weighted by Crippen LogP contribution is 2.02. The maximum atomic E-state index is 5.49. The van der Waals surface area contributed by atoms with Crippen molar-refractivity contribution >= 4 is 0 Å². The van der Waals surface area contributed by atoms with Gasteiger partial charge in [0, 0.05) is 25.3 Å². The number of nitrogens with zero attached hydrogens (tertiary/aromatic N) is 1. The Labute approximate surface area is 79.4 Å². The van der Waals surface area contributed by atoms with E-state index in [0.717, 1.165) is 12.2 Å². The highest BCUT2D eigenvalue weighted by molar-refractivity contribution is 5.17. The van der Waals surface area contributed by atoms with Crippen molar-refractivity contribution in [2.24, 2.45) is 5.73 Å². The van der Waals surface area contributed by atoms with Gasteiger partial charge in [0.15, 0.2) is 0 Å². The molecule has 72 valence electrons. The van der Waals surface area contributed by atoms with Gasteiger partial charge in [-0.2, -0.15) is 0 Å². The minimum Gasteiger partial charge on any atom is -0.329 e. The van der Waals surface area contributed by atoms with Gasteiger partial charge in [-0.3, -0.25) is 4.98 Å². The maximum absolute atomic E-state index is 5.49. The van der Waals surface area contributed by atoms with Gasteiger partial charge in [0.25, 0.3) is 0 Å². The number of hydrogen-bond acceptors (Lipinski definition) is 3. The smallest absolute Gasteiger partial charge is 0.0570 e. The monoisotopic (exact) mass is 179 g/mol. The van der Waals surface area contributed by atoms with Gasteiger partial charge in [-0.1, -0.05) is 6.07 Å². The van der Waals surface area contributed by atoms with Crippen LogP contribution in [0.5, 0.6) is 0 Å². The highest BCUT2D eigenvalue weighted by atomic mass is 14.9. The summed E-state index contributed by atoms with van der Waals surface area (Å²) >= 11 is 0. The zero-order valence-electron chi connectivity index (χ0n) is 8.25. The van der Waals surface area contributed by atoms with E-state index < -0.39 is 0 Å². The summed E-state index contributed by atoms with van der Waals surface area (Å²) in [4.78, 5) is 4.28. The van der Waals surface area contributed by atoms with Crippen LogP contribution in [0.3, 0.4) is 0 Å². The molecule has 1 unspecified atom stereocenters. The molecule has 3 heteroatoms. The Hall–Kier alpha value is -0.930. The van der Waals surface area contributed by atoms with Crippen molar-refractivity contribution in [3.05, 3.63) is 29.6 Å². The SMILES string of the molecule is Cc1cccnc1CNC(C)CN. The summed E-state index contributed by atoms with van der Waals surface area (Å²) in [5, 5.41) is 3.30. The molecule has 0 aliphatic carbocycles. The van der Waals surface area contributed by atoms with Crippen LogP contribution in [0.1, 0.15) is 18.2 Å². The Balaban J connectivity index is 2.50. The summed E-state index contributed by atoms with van der Waals surface area (Å²) in [6.45, 7) is 5.59. The Bertz CT molecular complexity index is 260.